The number of carbonyl (C=O) groups excluding carboxylic acids is 2. The molecule has 238 valence electrons. The number of aromatic nitrogens is 1. The van der Waals surface area contributed by atoms with E-state index < -0.39 is 12.0 Å². The summed E-state index contributed by atoms with van der Waals surface area (Å²) in [6, 6.07) is 21.1. The molecule has 0 saturated carbocycles. The van der Waals surface area contributed by atoms with Crippen molar-refractivity contribution in [3.8, 4) is 11.5 Å². The molecule has 46 heavy (non-hydrogen) atoms. The van der Waals surface area contributed by atoms with Crippen LogP contribution in [0, 0.1) is 0 Å². The van der Waals surface area contributed by atoms with Gasteiger partial charge in [0, 0.05) is 5.56 Å². The zero-order valence-electron chi connectivity index (χ0n) is 26.4. The maximum absolute atomic E-state index is 14.1. The molecule has 1 aliphatic rings. The molecule has 0 radical (unpaired) electrons. The van der Waals surface area contributed by atoms with Crippen LogP contribution in [-0.2, 0) is 20.9 Å². The molecule has 0 saturated heterocycles. The van der Waals surface area contributed by atoms with Crippen molar-refractivity contribution in [2.24, 2.45) is 4.99 Å². The van der Waals surface area contributed by atoms with E-state index in [1.165, 1.54) is 11.3 Å². The molecular weight excluding hydrogens is 604 g/mol. The van der Waals surface area contributed by atoms with Crippen molar-refractivity contribution in [2.45, 2.75) is 53.4 Å². The number of ether oxygens (including phenoxy) is 4. The Bertz CT molecular complexity index is 1950. The summed E-state index contributed by atoms with van der Waals surface area (Å²) < 4.78 is 24.6. The van der Waals surface area contributed by atoms with E-state index in [0.717, 1.165) is 11.1 Å². The number of para-hydroxylation sites is 1. The molecular formula is C36H36N2O7S. The first-order valence-corrected chi connectivity index (χ1v) is 16.0. The third-order valence-electron chi connectivity index (χ3n) is 7.12. The molecule has 10 heteroatoms. The van der Waals surface area contributed by atoms with Gasteiger partial charge in [-0.15, -0.1) is 0 Å². The van der Waals surface area contributed by atoms with E-state index >= 15 is 0 Å². The quantitative estimate of drug-likeness (QED) is 0.204. The largest absolute Gasteiger partial charge is 0.491 e. The van der Waals surface area contributed by atoms with Gasteiger partial charge in [-0.1, -0.05) is 53.8 Å². The third-order valence-corrected chi connectivity index (χ3v) is 8.10. The lowest BCUT2D eigenvalue weighted by atomic mass is 9.95. The smallest absolute Gasteiger partial charge is 0.338 e. The first-order valence-electron chi connectivity index (χ1n) is 15.1. The number of rotatable bonds is 11. The summed E-state index contributed by atoms with van der Waals surface area (Å²) in [4.78, 5) is 44.4. The highest BCUT2D eigenvalue weighted by Crippen LogP contribution is 2.36. The minimum absolute atomic E-state index is 0.119. The Balaban J connectivity index is 1.49. The number of esters is 2. The Labute approximate surface area is 271 Å². The fourth-order valence-electron chi connectivity index (χ4n) is 5.12. The first-order chi connectivity index (χ1) is 22.2. The number of hydrogen-bond donors (Lipinski definition) is 0. The highest BCUT2D eigenvalue weighted by molar-refractivity contribution is 7.07. The standard InChI is InChI=1S/C36H36N2O7S/c1-6-42-34(40)26-17-15-24(16-18-26)21-44-27-12-10-11-25(19-27)20-30-33(39)38-32(28-13-8-9-14-29(28)45-22(3)4)31(35(41)43-7-2)23(5)37-36(38)46-30/h8-20,22,32H,6-7,21H2,1-5H3/b30-20-/t32-/m1/s1. The van der Waals surface area contributed by atoms with Crippen molar-refractivity contribution in [1.29, 1.82) is 0 Å². The summed E-state index contributed by atoms with van der Waals surface area (Å²) >= 11 is 1.25. The van der Waals surface area contributed by atoms with Crippen molar-refractivity contribution in [1.82, 2.24) is 4.57 Å². The van der Waals surface area contributed by atoms with Crippen LogP contribution in [0.2, 0.25) is 0 Å². The topological polar surface area (TPSA) is 105 Å². The molecule has 2 heterocycles. The fourth-order valence-corrected chi connectivity index (χ4v) is 6.16. The van der Waals surface area contributed by atoms with E-state index in [4.69, 9.17) is 18.9 Å². The van der Waals surface area contributed by atoms with E-state index in [1.807, 2.05) is 74.5 Å². The third kappa shape index (κ3) is 7.13. The van der Waals surface area contributed by atoms with Gasteiger partial charge < -0.3 is 18.9 Å². The molecule has 0 amide bonds. The van der Waals surface area contributed by atoms with Crippen LogP contribution in [0.1, 0.15) is 67.7 Å². The SMILES string of the molecule is CCOC(=O)C1=C(C)N=c2s/c(=C\c3cccc(OCc4ccc(C(=O)OCC)cc4)c3)c(=O)n2[C@@H]1c1ccccc1OC(C)C. The molecule has 4 aromatic rings. The van der Waals surface area contributed by atoms with Crippen LogP contribution in [-0.4, -0.2) is 35.8 Å². The Morgan fingerprint density at radius 2 is 1.67 bits per heavy atom. The van der Waals surface area contributed by atoms with E-state index in [1.54, 1.807) is 43.5 Å². The number of hydrogen-bond acceptors (Lipinski definition) is 9. The lowest BCUT2D eigenvalue weighted by Gasteiger charge is -2.26. The van der Waals surface area contributed by atoms with Crippen molar-refractivity contribution in [2.75, 3.05) is 13.2 Å². The van der Waals surface area contributed by atoms with Gasteiger partial charge in [-0.2, -0.15) is 0 Å². The minimum Gasteiger partial charge on any atom is -0.491 e. The molecule has 3 aromatic carbocycles. The van der Waals surface area contributed by atoms with Gasteiger partial charge in [0.25, 0.3) is 5.56 Å². The molecule has 1 aliphatic heterocycles. The van der Waals surface area contributed by atoms with Gasteiger partial charge >= 0.3 is 11.9 Å². The number of nitrogens with zero attached hydrogens (tertiary/aromatic N) is 2. The monoisotopic (exact) mass is 640 g/mol. The summed E-state index contributed by atoms with van der Waals surface area (Å²) in [5.74, 6) is 0.311. The summed E-state index contributed by atoms with van der Waals surface area (Å²) in [6.45, 7) is 9.92. The van der Waals surface area contributed by atoms with Crippen molar-refractivity contribution in [3.05, 3.63) is 126 Å². The highest BCUT2D eigenvalue weighted by atomic mass is 32.1. The van der Waals surface area contributed by atoms with E-state index in [2.05, 4.69) is 4.99 Å². The van der Waals surface area contributed by atoms with E-state index in [-0.39, 0.29) is 24.2 Å². The Kier molecular flexibility index (Phi) is 10.2. The molecule has 0 unspecified atom stereocenters. The average molecular weight is 641 g/mol. The lowest BCUT2D eigenvalue weighted by molar-refractivity contribution is -0.139. The van der Waals surface area contributed by atoms with E-state index in [0.29, 0.717) is 56.4 Å². The van der Waals surface area contributed by atoms with Crippen LogP contribution in [0.3, 0.4) is 0 Å². The molecule has 0 spiro atoms. The first kappa shape index (κ1) is 32.4. The molecule has 0 bridgehead atoms. The highest BCUT2D eigenvalue weighted by Gasteiger charge is 2.35. The van der Waals surface area contributed by atoms with Gasteiger partial charge in [0.1, 0.15) is 24.1 Å². The van der Waals surface area contributed by atoms with Crippen LogP contribution in [0.25, 0.3) is 6.08 Å². The lowest BCUT2D eigenvalue weighted by Crippen LogP contribution is -2.40. The van der Waals surface area contributed by atoms with Crippen molar-refractivity contribution < 1.29 is 28.5 Å². The second-order valence-corrected chi connectivity index (χ2v) is 11.8. The van der Waals surface area contributed by atoms with Crippen LogP contribution < -0.4 is 24.4 Å². The molecule has 1 aromatic heterocycles. The van der Waals surface area contributed by atoms with Gasteiger partial charge in [-0.05, 0) is 82.2 Å². The zero-order chi connectivity index (χ0) is 32.8. The van der Waals surface area contributed by atoms with Crippen molar-refractivity contribution in [3.63, 3.8) is 0 Å². The van der Waals surface area contributed by atoms with Crippen LogP contribution in [0.5, 0.6) is 11.5 Å². The van der Waals surface area contributed by atoms with Gasteiger partial charge in [0.2, 0.25) is 0 Å². The maximum atomic E-state index is 14.1. The molecule has 0 N–H and O–H groups in total. The Hall–Kier alpha value is -4.96. The molecule has 9 nitrogen and oxygen atoms in total. The van der Waals surface area contributed by atoms with Crippen LogP contribution in [0.15, 0.2) is 93.9 Å². The second-order valence-electron chi connectivity index (χ2n) is 10.8. The predicted molar refractivity (Wildman–Crippen MR) is 176 cm³/mol. The minimum atomic E-state index is -0.780. The van der Waals surface area contributed by atoms with Gasteiger partial charge in [-0.3, -0.25) is 9.36 Å². The summed E-state index contributed by atoms with van der Waals surface area (Å²) in [7, 11) is 0. The number of fused-ring (bicyclic) bond motifs is 1. The Morgan fingerprint density at radius 3 is 2.39 bits per heavy atom. The molecule has 0 aliphatic carbocycles. The number of carbonyl (C=O) groups is 2. The van der Waals surface area contributed by atoms with E-state index in [9.17, 15) is 14.4 Å². The number of allylic oxidation sites excluding steroid dienone is 1. The average Bonchev–Trinajstić information content (AvgIpc) is 3.33. The predicted octanol–water partition coefficient (Wildman–Crippen LogP) is 5.34. The Morgan fingerprint density at radius 1 is 0.957 bits per heavy atom. The maximum Gasteiger partial charge on any atom is 0.338 e. The second kappa shape index (κ2) is 14.4. The van der Waals surface area contributed by atoms with Gasteiger partial charge in [-0.25, -0.2) is 14.6 Å². The molecule has 0 fully saturated rings. The zero-order valence-corrected chi connectivity index (χ0v) is 27.3. The normalized spacial score (nSPS) is 14.5. The molecule has 1 atom stereocenters. The number of thiazole rings is 1. The van der Waals surface area contributed by atoms with Crippen LogP contribution in [0.4, 0.5) is 0 Å². The van der Waals surface area contributed by atoms with Crippen LogP contribution >= 0.6 is 11.3 Å². The van der Waals surface area contributed by atoms with Gasteiger partial charge in [0.15, 0.2) is 4.80 Å². The summed E-state index contributed by atoms with van der Waals surface area (Å²) in [6.07, 6.45) is 1.67. The summed E-state index contributed by atoms with van der Waals surface area (Å²) in [5, 5.41) is 0. The summed E-state index contributed by atoms with van der Waals surface area (Å²) in [5.41, 5.74) is 3.31. The van der Waals surface area contributed by atoms with Gasteiger partial charge in [0.05, 0.1) is 40.7 Å². The van der Waals surface area contributed by atoms with Crippen molar-refractivity contribution >= 4 is 29.4 Å². The fraction of sp³-hybridized carbons (Fsp3) is 0.278. The molecule has 5 rings (SSSR count). The number of benzene rings is 3.